The fourth-order valence-corrected chi connectivity index (χ4v) is 3.84. The number of nitrogen functional groups attached to an aromatic ring is 1. The van der Waals surface area contributed by atoms with Crippen molar-refractivity contribution in [3.63, 3.8) is 0 Å². The molecule has 0 saturated carbocycles. The Morgan fingerprint density at radius 3 is 2.37 bits per heavy atom. The lowest BCUT2D eigenvalue weighted by molar-refractivity contribution is 0.102. The van der Waals surface area contributed by atoms with Gasteiger partial charge < -0.3 is 20.5 Å². The van der Waals surface area contributed by atoms with Gasteiger partial charge in [0.05, 0.1) is 31.5 Å². The Morgan fingerprint density at radius 2 is 1.66 bits per heavy atom. The van der Waals surface area contributed by atoms with Gasteiger partial charge in [-0.3, -0.25) is 4.79 Å². The highest BCUT2D eigenvalue weighted by Crippen LogP contribution is 2.31. The number of carbonyl (C=O) groups excluding carboxylic acids is 1. The number of nitrogens with one attached hydrogen (secondary N) is 1. The molecule has 2 aromatic heterocycles. The first-order valence-electron chi connectivity index (χ1n) is 10.8. The number of amides is 1. The molecule has 35 heavy (non-hydrogen) atoms. The molecular weight excluding hydrogens is 444 g/mol. The van der Waals surface area contributed by atoms with E-state index in [9.17, 15) is 4.79 Å². The van der Waals surface area contributed by atoms with Gasteiger partial charge in [-0.2, -0.15) is 9.78 Å². The van der Waals surface area contributed by atoms with E-state index in [-0.39, 0.29) is 11.4 Å². The number of fused-ring (bicyclic) bond motifs is 2. The van der Waals surface area contributed by atoms with Crippen molar-refractivity contribution in [2.45, 2.75) is 0 Å². The molecule has 5 aromatic rings. The summed E-state index contributed by atoms with van der Waals surface area (Å²) in [7, 11) is 3.12. The van der Waals surface area contributed by atoms with Crippen LogP contribution < -0.4 is 20.5 Å². The van der Waals surface area contributed by atoms with Gasteiger partial charge in [0.1, 0.15) is 16.9 Å². The minimum Gasteiger partial charge on any atom is -0.493 e. The molecule has 9 nitrogen and oxygen atoms in total. The summed E-state index contributed by atoms with van der Waals surface area (Å²) >= 11 is 0. The van der Waals surface area contributed by atoms with Crippen LogP contribution in [0.5, 0.6) is 11.5 Å². The second kappa shape index (κ2) is 9.14. The molecule has 0 spiro atoms. The van der Waals surface area contributed by atoms with Crippen LogP contribution in [0, 0.1) is 0 Å². The largest absolute Gasteiger partial charge is 0.493 e. The van der Waals surface area contributed by atoms with Gasteiger partial charge in [-0.15, -0.1) is 0 Å². The number of anilines is 2. The van der Waals surface area contributed by atoms with Gasteiger partial charge in [-0.25, -0.2) is 9.97 Å². The Bertz CT molecular complexity index is 1580. The van der Waals surface area contributed by atoms with Gasteiger partial charge in [0.2, 0.25) is 0 Å². The second-order valence-electron chi connectivity index (χ2n) is 7.60. The van der Waals surface area contributed by atoms with E-state index in [1.807, 2.05) is 54.6 Å². The Morgan fingerprint density at radius 1 is 0.943 bits per heavy atom. The van der Waals surface area contributed by atoms with Gasteiger partial charge in [0.25, 0.3) is 5.91 Å². The molecule has 2 heterocycles. The molecule has 0 saturated heterocycles. The Kier molecular flexibility index (Phi) is 5.72. The van der Waals surface area contributed by atoms with Crippen LogP contribution in [0.3, 0.4) is 0 Å². The van der Waals surface area contributed by atoms with Crippen LogP contribution in [0.1, 0.15) is 15.9 Å². The number of nitrogens with zero attached hydrogens (tertiary/aromatic N) is 4. The summed E-state index contributed by atoms with van der Waals surface area (Å²) in [5.74, 6) is 0.793. The number of para-hydroxylation sites is 4. The zero-order valence-corrected chi connectivity index (χ0v) is 19.1. The zero-order chi connectivity index (χ0) is 24.4. The summed E-state index contributed by atoms with van der Waals surface area (Å²) in [6.07, 6.45) is 1.58. The molecule has 0 atom stereocenters. The number of benzene rings is 3. The van der Waals surface area contributed by atoms with Crippen molar-refractivity contribution in [2.24, 2.45) is 5.10 Å². The smallest absolute Gasteiger partial charge is 0.261 e. The van der Waals surface area contributed by atoms with E-state index in [0.29, 0.717) is 44.9 Å². The topological polar surface area (TPSA) is 117 Å². The predicted octanol–water partition coefficient (Wildman–Crippen LogP) is 4.32. The van der Waals surface area contributed by atoms with Crippen molar-refractivity contribution in [1.29, 1.82) is 0 Å². The van der Waals surface area contributed by atoms with Crippen molar-refractivity contribution in [3.05, 3.63) is 83.9 Å². The fraction of sp³-hybridized carbons (Fsp3) is 0.0769. The van der Waals surface area contributed by atoms with Gasteiger partial charge >= 0.3 is 0 Å². The molecule has 0 aliphatic heterocycles. The lowest BCUT2D eigenvalue weighted by atomic mass is 10.2. The molecule has 3 N–H and O–H groups in total. The van der Waals surface area contributed by atoms with Crippen LogP contribution in [0.2, 0.25) is 0 Å². The van der Waals surface area contributed by atoms with Crippen LogP contribution in [0.25, 0.3) is 22.2 Å². The molecule has 0 aliphatic rings. The average Bonchev–Trinajstić information content (AvgIpc) is 3.16. The molecule has 0 aliphatic carbocycles. The Labute approximate surface area is 200 Å². The number of hydrogen-bond acceptors (Lipinski definition) is 7. The van der Waals surface area contributed by atoms with Crippen LogP contribution in [0.15, 0.2) is 77.9 Å². The summed E-state index contributed by atoms with van der Waals surface area (Å²) in [6, 6.07) is 22.0. The number of hydrogen-bond donors (Lipinski definition) is 2. The van der Waals surface area contributed by atoms with Crippen molar-refractivity contribution in [1.82, 2.24) is 14.6 Å². The fourth-order valence-electron chi connectivity index (χ4n) is 3.84. The molecule has 3 aromatic carbocycles. The maximum Gasteiger partial charge on any atom is 0.261 e. The summed E-state index contributed by atoms with van der Waals surface area (Å²) in [6.45, 7) is 0. The summed E-state index contributed by atoms with van der Waals surface area (Å²) < 4.78 is 12.3. The van der Waals surface area contributed by atoms with Crippen molar-refractivity contribution < 1.29 is 14.3 Å². The van der Waals surface area contributed by atoms with Crippen LogP contribution in [-0.2, 0) is 0 Å². The van der Waals surface area contributed by atoms with Crippen LogP contribution >= 0.6 is 0 Å². The molecule has 0 fully saturated rings. The summed E-state index contributed by atoms with van der Waals surface area (Å²) in [5.41, 5.74) is 9.98. The lowest BCUT2D eigenvalue weighted by Crippen LogP contribution is -2.14. The summed E-state index contributed by atoms with van der Waals surface area (Å²) in [4.78, 5) is 22.7. The standard InChI is InChI=1S/C26H22N6O3/c1-34-20-14-8-9-16(23(20)35-2)15-28-32-24(27)21(26(33)29-17-10-4-3-5-11-17)22-25(32)31-19-13-7-6-12-18(19)30-22/h3-15H,27H2,1-2H3,(H,29,33). The molecule has 1 amide bonds. The van der Waals surface area contributed by atoms with E-state index in [1.54, 1.807) is 38.6 Å². The van der Waals surface area contributed by atoms with E-state index in [2.05, 4.69) is 10.4 Å². The predicted molar refractivity (Wildman–Crippen MR) is 136 cm³/mol. The van der Waals surface area contributed by atoms with E-state index in [4.69, 9.17) is 25.2 Å². The maximum atomic E-state index is 13.3. The number of methoxy groups -OCH3 is 2. The quantitative estimate of drug-likeness (QED) is 0.360. The first-order valence-corrected chi connectivity index (χ1v) is 10.8. The number of nitrogens with two attached hydrogens (primary N) is 1. The van der Waals surface area contributed by atoms with Gasteiger partial charge in [0.15, 0.2) is 17.1 Å². The van der Waals surface area contributed by atoms with E-state index < -0.39 is 5.91 Å². The second-order valence-corrected chi connectivity index (χ2v) is 7.60. The Balaban J connectivity index is 1.68. The number of carbonyl (C=O) groups is 1. The maximum absolute atomic E-state index is 13.3. The van der Waals surface area contributed by atoms with E-state index >= 15 is 0 Å². The van der Waals surface area contributed by atoms with Crippen molar-refractivity contribution in [2.75, 3.05) is 25.3 Å². The molecule has 0 unspecified atom stereocenters. The molecule has 174 valence electrons. The minimum atomic E-state index is -0.406. The van der Waals surface area contributed by atoms with Crippen molar-refractivity contribution in [3.8, 4) is 11.5 Å². The third kappa shape index (κ3) is 3.99. The van der Waals surface area contributed by atoms with Crippen LogP contribution in [-0.4, -0.2) is 41.0 Å². The molecule has 9 heteroatoms. The SMILES string of the molecule is COc1cccc(C=Nn2c(N)c(C(=O)Nc3ccccc3)c3nc4ccccc4nc32)c1OC. The number of ether oxygens (including phenoxy) is 2. The summed E-state index contributed by atoms with van der Waals surface area (Å²) in [5, 5.41) is 7.42. The zero-order valence-electron chi connectivity index (χ0n) is 19.1. The molecule has 0 bridgehead atoms. The van der Waals surface area contributed by atoms with E-state index in [0.717, 1.165) is 0 Å². The normalized spacial score (nSPS) is 11.3. The van der Waals surface area contributed by atoms with Gasteiger partial charge in [0, 0.05) is 11.3 Å². The highest BCUT2D eigenvalue weighted by molar-refractivity contribution is 6.16. The van der Waals surface area contributed by atoms with Crippen molar-refractivity contribution >= 4 is 45.8 Å². The third-order valence-corrected chi connectivity index (χ3v) is 5.48. The first kappa shape index (κ1) is 21.9. The van der Waals surface area contributed by atoms with Crippen LogP contribution in [0.4, 0.5) is 11.5 Å². The average molecular weight is 467 g/mol. The number of aromatic nitrogens is 3. The lowest BCUT2D eigenvalue weighted by Gasteiger charge is -2.09. The highest BCUT2D eigenvalue weighted by Gasteiger charge is 2.24. The van der Waals surface area contributed by atoms with Gasteiger partial charge in [-0.1, -0.05) is 36.4 Å². The molecular formula is C26H22N6O3. The highest BCUT2D eigenvalue weighted by atomic mass is 16.5. The minimum absolute atomic E-state index is 0.113. The van der Waals surface area contributed by atoms with Gasteiger partial charge in [-0.05, 0) is 36.4 Å². The first-order chi connectivity index (χ1) is 17.1. The Hall–Kier alpha value is -4.92. The molecule has 0 radical (unpaired) electrons. The monoisotopic (exact) mass is 466 g/mol. The third-order valence-electron chi connectivity index (χ3n) is 5.48. The number of rotatable bonds is 6. The van der Waals surface area contributed by atoms with E-state index in [1.165, 1.54) is 4.68 Å². The molecule has 5 rings (SSSR count).